The van der Waals surface area contributed by atoms with E-state index in [4.69, 9.17) is 0 Å². The van der Waals surface area contributed by atoms with E-state index in [1.165, 1.54) is 31.2 Å². The summed E-state index contributed by atoms with van der Waals surface area (Å²) in [5.41, 5.74) is 2.12. The average molecular weight is 364 g/mol. The number of rotatable bonds is 4. The number of carbonyl (C=O) groups excluding carboxylic acids is 1. The molecule has 2 aromatic rings. The quantitative estimate of drug-likeness (QED) is 0.903. The standard InChI is InChI=1S/C22H28N4O/c27-22(17-6-11-23-12-7-17)26-13-8-20(9-14-26)25-21-5-1-3-18(15-21)19-4-2-10-24-16-19/h2,4,6-7,10-12,16,18,20-21,25H,1,3,5,8-9,13-15H2. The summed E-state index contributed by atoms with van der Waals surface area (Å²) in [5, 5.41) is 3.89. The van der Waals surface area contributed by atoms with Crippen LogP contribution in [0.5, 0.6) is 0 Å². The molecular formula is C22H28N4O. The van der Waals surface area contributed by atoms with Crippen molar-refractivity contribution in [3.05, 3.63) is 60.2 Å². The van der Waals surface area contributed by atoms with Crippen LogP contribution in [-0.4, -0.2) is 45.9 Å². The zero-order valence-corrected chi connectivity index (χ0v) is 15.8. The molecule has 1 amide bonds. The highest BCUT2D eigenvalue weighted by Crippen LogP contribution is 2.33. The summed E-state index contributed by atoms with van der Waals surface area (Å²) in [6.07, 6.45) is 14.3. The van der Waals surface area contributed by atoms with Crippen molar-refractivity contribution in [3.63, 3.8) is 0 Å². The lowest BCUT2D eigenvalue weighted by atomic mass is 9.81. The molecule has 0 radical (unpaired) electrons. The number of likely N-dealkylation sites (tertiary alicyclic amines) is 1. The third-order valence-electron chi connectivity index (χ3n) is 6.01. The van der Waals surface area contributed by atoms with Gasteiger partial charge in [0.2, 0.25) is 0 Å². The van der Waals surface area contributed by atoms with E-state index in [1.807, 2.05) is 23.4 Å². The van der Waals surface area contributed by atoms with Crippen molar-refractivity contribution < 1.29 is 4.79 Å². The summed E-state index contributed by atoms with van der Waals surface area (Å²) in [4.78, 5) is 22.8. The smallest absolute Gasteiger partial charge is 0.253 e. The van der Waals surface area contributed by atoms with E-state index in [9.17, 15) is 4.79 Å². The van der Waals surface area contributed by atoms with Crippen LogP contribution in [0, 0.1) is 0 Å². The number of pyridine rings is 2. The van der Waals surface area contributed by atoms with Gasteiger partial charge in [0.25, 0.3) is 5.91 Å². The van der Waals surface area contributed by atoms with Crippen molar-refractivity contribution in [1.29, 1.82) is 0 Å². The molecule has 3 heterocycles. The SMILES string of the molecule is O=C(c1ccncc1)N1CCC(NC2CCCC(c3cccnc3)C2)CC1. The van der Waals surface area contributed by atoms with Crippen molar-refractivity contribution >= 4 is 5.91 Å². The second-order valence-corrected chi connectivity index (χ2v) is 7.82. The summed E-state index contributed by atoms with van der Waals surface area (Å²) in [6, 6.07) is 8.95. The Balaban J connectivity index is 1.27. The maximum Gasteiger partial charge on any atom is 0.253 e. The molecule has 2 unspecified atom stereocenters. The minimum atomic E-state index is 0.130. The van der Waals surface area contributed by atoms with Crippen LogP contribution >= 0.6 is 0 Å². The number of piperidine rings is 1. The Morgan fingerprint density at radius 3 is 2.52 bits per heavy atom. The van der Waals surface area contributed by atoms with Crippen LogP contribution < -0.4 is 5.32 Å². The minimum absolute atomic E-state index is 0.130. The lowest BCUT2D eigenvalue weighted by Crippen LogP contribution is -2.48. The second-order valence-electron chi connectivity index (χ2n) is 7.82. The van der Waals surface area contributed by atoms with Crippen molar-refractivity contribution in [2.45, 2.75) is 56.5 Å². The third-order valence-corrected chi connectivity index (χ3v) is 6.01. The summed E-state index contributed by atoms with van der Waals surface area (Å²) in [7, 11) is 0. The van der Waals surface area contributed by atoms with E-state index in [0.717, 1.165) is 31.5 Å². The topological polar surface area (TPSA) is 58.1 Å². The molecule has 5 heteroatoms. The van der Waals surface area contributed by atoms with Crippen molar-refractivity contribution in [2.75, 3.05) is 13.1 Å². The fraction of sp³-hybridized carbons (Fsp3) is 0.500. The molecule has 0 spiro atoms. The molecule has 0 aromatic carbocycles. The van der Waals surface area contributed by atoms with Gasteiger partial charge in [-0.2, -0.15) is 0 Å². The van der Waals surface area contributed by atoms with Crippen LogP contribution in [0.1, 0.15) is 60.4 Å². The normalized spacial score (nSPS) is 23.9. The molecule has 5 nitrogen and oxygen atoms in total. The van der Waals surface area contributed by atoms with Crippen molar-refractivity contribution in [2.24, 2.45) is 0 Å². The van der Waals surface area contributed by atoms with Gasteiger partial charge in [-0.25, -0.2) is 0 Å². The molecule has 4 rings (SSSR count). The highest BCUT2D eigenvalue weighted by molar-refractivity contribution is 5.94. The molecule has 1 saturated carbocycles. The minimum Gasteiger partial charge on any atom is -0.339 e. The molecule has 1 saturated heterocycles. The van der Waals surface area contributed by atoms with Crippen LogP contribution in [0.15, 0.2) is 49.1 Å². The van der Waals surface area contributed by atoms with Gasteiger partial charge in [-0.1, -0.05) is 12.5 Å². The van der Waals surface area contributed by atoms with Crippen LogP contribution in [-0.2, 0) is 0 Å². The second kappa shape index (κ2) is 8.61. The lowest BCUT2D eigenvalue weighted by molar-refractivity contribution is 0.0699. The number of hydrogen-bond acceptors (Lipinski definition) is 4. The number of aromatic nitrogens is 2. The summed E-state index contributed by atoms with van der Waals surface area (Å²) in [5.74, 6) is 0.753. The summed E-state index contributed by atoms with van der Waals surface area (Å²) < 4.78 is 0. The van der Waals surface area contributed by atoms with E-state index in [-0.39, 0.29) is 5.91 Å². The molecule has 27 heavy (non-hydrogen) atoms. The van der Waals surface area contributed by atoms with Crippen LogP contribution in [0.3, 0.4) is 0 Å². The zero-order chi connectivity index (χ0) is 18.5. The first-order valence-corrected chi connectivity index (χ1v) is 10.1. The molecular weight excluding hydrogens is 336 g/mol. The molecule has 2 atom stereocenters. The van der Waals surface area contributed by atoms with Crippen LogP contribution in [0.25, 0.3) is 0 Å². The first-order valence-electron chi connectivity index (χ1n) is 10.1. The van der Waals surface area contributed by atoms with Gasteiger partial charge in [0, 0.05) is 55.5 Å². The predicted octanol–water partition coefficient (Wildman–Crippen LogP) is 3.40. The van der Waals surface area contributed by atoms with Crippen LogP contribution in [0.4, 0.5) is 0 Å². The van der Waals surface area contributed by atoms with Gasteiger partial charge >= 0.3 is 0 Å². The van der Waals surface area contributed by atoms with Gasteiger partial charge in [0.05, 0.1) is 0 Å². The van der Waals surface area contributed by atoms with E-state index < -0.39 is 0 Å². The first kappa shape index (κ1) is 18.1. The van der Waals surface area contributed by atoms with E-state index in [1.54, 1.807) is 24.5 Å². The number of hydrogen-bond donors (Lipinski definition) is 1. The van der Waals surface area contributed by atoms with Gasteiger partial charge in [0.1, 0.15) is 0 Å². The van der Waals surface area contributed by atoms with Gasteiger partial charge < -0.3 is 10.2 Å². The number of nitrogens with zero attached hydrogens (tertiary/aromatic N) is 3. The van der Waals surface area contributed by atoms with Crippen molar-refractivity contribution in [1.82, 2.24) is 20.2 Å². The molecule has 1 N–H and O–H groups in total. The monoisotopic (exact) mass is 364 g/mol. The fourth-order valence-corrected chi connectivity index (χ4v) is 4.52. The van der Waals surface area contributed by atoms with E-state index >= 15 is 0 Å². The molecule has 2 fully saturated rings. The lowest BCUT2D eigenvalue weighted by Gasteiger charge is -2.37. The Morgan fingerprint density at radius 2 is 1.78 bits per heavy atom. The summed E-state index contributed by atoms with van der Waals surface area (Å²) in [6.45, 7) is 1.66. The highest BCUT2D eigenvalue weighted by Gasteiger charge is 2.28. The Hall–Kier alpha value is -2.27. The summed E-state index contributed by atoms with van der Waals surface area (Å²) >= 11 is 0. The number of nitrogens with one attached hydrogen (secondary N) is 1. The van der Waals surface area contributed by atoms with Gasteiger partial charge in [-0.3, -0.25) is 14.8 Å². The molecule has 2 aromatic heterocycles. The zero-order valence-electron chi connectivity index (χ0n) is 15.8. The largest absolute Gasteiger partial charge is 0.339 e. The third kappa shape index (κ3) is 4.53. The van der Waals surface area contributed by atoms with E-state index in [0.29, 0.717) is 18.0 Å². The maximum absolute atomic E-state index is 12.6. The predicted molar refractivity (Wildman–Crippen MR) is 106 cm³/mol. The maximum atomic E-state index is 12.6. The Bertz CT molecular complexity index is 728. The molecule has 0 bridgehead atoms. The molecule has 1 aliphatic carbocycles. The van der Waals surface area contributed by atoms with Gasteiger partial charge in [0.15, 0.2) is 0 Å². The van der Waals surface area contributed by atoms with E-state index in [2.05, 4.69) is 21.4 Å². The first-order chi connectivity index (χ1) is 13.3. The molecule has 142 valence electrons. The Labute approximate surface area is 161 Å². The van der Waals surface area contributed by atoms with Crippen LogP contribution in [0.2, 0.25) is 0 Å². The fourth-order valence-electron chi connectivity index (χ4n) is 4.52. The highest BCUT2D eigenvalue weighted by atomic mass is 16.2. The van der Waals surface area contributed by atoms with Gasteiger partial charge in [-0.05, 0) is 61.8 Å². The number of carbonyl (C=O) groups is 1. The molecule has 2 aliphatic rings. The number of amides is 1. The Morgan fingerprint density at radius 1 is 0.963 bits per heavy atom. The molecule has 1 aliphatic heterocycles. The van der Waals surface area contributed by atoms with Gasteiger partial charge in [-0.15, -0.1) is 0 Å². The van der Waals surface area contributed by atoms with Crippen molar-refractivity contribution in [3.8, 4) is 0 Å². The Kier molecular flexibility index (Phi) is 5.78. The average Bonchev–Trinajstić information content (AvgIpc) is 2.75.